The number of methoxy groups -OCH3 is 2. The van der Waals surface area contributed by atoms with E-state index in [1.165, 1.54) is 37.5 Å². The number of nitrogens with zero attached hydrogens (tertiary/aromatic N) is 5. The highest BCUT2D eigenvalue weighted by molar-refractivity contribution is 6.12. The number of carbonyl (C=O) groups excluding carboxylic acids is 2. The molecule has 0 radical (unpaired) electrons. The lowest BCUT2D eigenvalue weighted by atomic mass is 10.1. The molecule has 0 bridgehead atoms. The third-order valence-corrected chi connectivity index (χ3v) is 10.7. The number of anilines is 2. The van der Waals surface area contributed by atoms with Gasteiger partial charge in [0.15, 0.2) is 22.7 Å². The molecule has 0 aliphatic heterocycles. The summed E-state index contributed by atoms with van der Waals surface area (Å²) in [6.45, 7) is 5.95. The van der Waals surface area contributed by atoms with Crippen LogP contribution in [0.4, 0.5) is 11.4 Å². The average Bonchev–Trinajstić information content (AvgIpc) is 3.94. The summed E-state index contributed by atoms with van der Waals surface area (Å²) in [5, 5.41) is 11.6. The van der Waals surface area contributed by atoms with Gasteiger partial charge >= 0.3 is 0 Å². The molecular formula is C48H45N7O6. The maximum Gasteiger partial charge on any atom is 0.291 e. The fourth-order valence-corrected chi connectivity index (χ4v) is 7.58. The van der Waals surface area contributed by atoms with Crippen LogP contribution in [0.25, 0.3) is 27.6 Å². The molecule has 0 unspecified atom stereocenters. The van der Waals surface area contributed by atoms with Gasteiger partial charge in [-0.1, -0.05) is 36.4 Å². The fourth-order valence-electron chi connectivity index (χ4n) is 7.58. The number of rotatable bonds is 14. The number of amides is 2. The summed E-state index contributed by atoms with van der Waals surface area (Å²) in [5.74, 6) is -0.811. The first-order valence-corrected chi connectivity index (χ1v) is 19.8. The average molecular weight is 816 g/mol. The maximum atomic E-state index is 13.9. The molecule has 3 aromatic heterocycles. The molecule has 13 heteroatoms. The second-order valence-electron chi connectivity index (χ2n) is 15.1. The predicted molar refractivity (Wildman–Crippen MR) is 236 cm³/mol. The summed E-state index contributed by atoms with van der Waals surface area (Å²) < 4.78 is 20.8. The number of nitrogens with one attached hydrogen (secondary N) is 2. The van der Waals surface area contributed by atoms with E-state index in [1.54, 1.807) is 18.6 Å². The van der Waals surface area contributed by atoms with Crippen molar-refractivity contribution in [1.82, 2.24) is 24.2 Å². The van der Waals surface area contributed by atoms with E-state index in [1.807, 2.05) is 72.9 Å². The highest BCUT2D eigenvalue weighted by Gasteiger charge is 2.22. The number of aryl methyl sites for hydroxylation is 3. The van der Waals surface area contributed by atoms with Gasteiger partial charge in [0.25, 0.3) is 11.8 Å². The van der Waals surface area contributed by atoms with Gasteiger partial charge in [-0.25, -0.2) is 4.98 Å². The summed E-state index contributed by atoms with van der Waals surface area (Å²) in [6.07, 6.45) is 8.17. The molecule has 5 aromatic carbocycles. The van der Waals surface area contributed by atoms with E-state index in [4.69, 9.17) is 13.9 Å². The zero-order valence-electron chi connectivity index (χ0n) is 34.6. The van der Waals surface area contributed by atoms with Gasteiger partial charge in [0.05, 0.1) is 48.9 Å². The Balaban J connectivity index is 0.988. The van der Waals surface area contributed by atoms with Gasteiger partial charge in [0.2, 0.25) is 0 Å². The molecule has 0 atom stereocenters. The summed E-state index contributed by atoms with van der Waals surface area (Å²) in [7, 11) is 4.87. The molecule has 13 nitrogen and oxygen atoms in total. The van der Waals surface area contributed by atoms with Crippen LogP contribution in [0.2, 0.25) is 0 Å². The standard InChI is InChI=1S/C48H45N7O6/c1-30-19-31(2)46-39(20-30)42(56)25-45(61-46)48(58)52-40-24-44(60-5)43(59-4)23-38(40)47(57)51-36-12-9-32(10-13-36)15-17-54(28-34-11-14-41-35(21-34)26-50-53(41)3)27-33-7-6-8-37(22-33)55-18-16-49-29-55/h6-14,16,18-26,29H,15,17,27-28H2,1-5H3,(H,51,57)(H,52,58). The number of ether oxygens (including phenoxy) is 2. The molecule has 8 rings (SSSR count). The van der Waals surface area contributed by atoms with E-state index < -0.39 is 11.8 Å². The van der Waals surface area contributed by atoms with Crippen molar-refractivity contribution in [1.29, 1.82) is 0 Å². The molecule has 8 aromatic rings. The van der Waals surface area contributed by atoms with Crippen molar-refractivity contribution in [3.63, 3.8) is 0 Å². The van der Waals surface area contributed by atoms with Gasteiger partial charge in [-0.15, -0.1) is 0 Å². The fraction of sp³-hybridized carbons (Fsp3) is 0.188. The van der Waals surface area contributed by atoms with Gasteiger partial charge in [0, 0.05) is 68.0 Å². The molecule has 0 aliphatic rings. The first-order valence-electron chi connectivity index (χ1n) is 19.8. The van der Waals surface area contributed by atoms with Crippen LogP contribution >= 0.6 is 0 Å². The largest absolute Gasteiger partial charge is 0.493 e. The maximum absolute atomic E-state index is 13.9. The quantitative estimate of drug-likeness (QED) is 0.111. The van der Waals surface area contributed by atoms with Gasteiger partial charge in [-0.05, 0) is 96.6 Å². The summed E-state index contributed by atoms with van der Waals surface area (Å²) in [6, 6.07) is 30.4. The van der Waals surface area contributed by atoms with Crippen LogP contribution in [0.1, 0.15) is 48.7 Å². The Bertz CT molecular complexity index is 2950. The SMILES string of the molecule is COc1cc(NC(=O)c2cc(=O)c3cc(C)cc(C)c3o2)c(C(=O)Nc2ccc(CCN(Cc3cccc(-n4ccnc4)c3)Cc3ccc4c(cnn4C)c3)cc2)cc1OC. The number of imidazole rings is 1. The van der Waals surface area contributed by atoms with Crippen LogP contribution in [0.15, 0.2) is 131 Å². The summed E-state index contributed by atoms with van der Waals surface area (Å²) in [4.78, 5) is 47.1. The highest BCUT2D eigenvalue weighted by atomic mass is 16.5. The van der Waals surface area contributed by atoms with E-state index >= 15 is 0 Å². The lowest BCUT2D eigenvalue weighted by Crippen LogP contribution is -2.25. The van der Waals surface area contributed by atoms with Crippen LogP contribution in [0.3, 0.4) is 0 Å². The lowest BCUT2D eigenvalue weighted by Gasteiger charge is -2.23. The number of fused-ring (bicyclic) bond motifs is 2. The van der Waals surface area contributed by atoms with E-state index in [2.05, 4.69) is 68.1 Å². The molecule has 308 valence electrons. The molecule has 0 fully saturated rings. The third-order valence-electron chi connectivity index (χ3n) is 10.7. The molecule has 3 heterocycles. The van der Waals surface area contributed by atoms with Crippen LogP contribution in [-0.2, 0) is 26.6 Å². The van der Waals surface area contributed by atoms with Crippen molar-refractivity contribution >= 4 is 45.1 Å². The van der Waals surface area contributed by atoms with Crippen molar-refractivity contribution in [3.05, 3.63) is 171 Å². The number of aromatic nitrogens is 4. The van der Waals surface area contributed by atoms with Crippen LogP contribution in [0, 0.1) is 13.8 Å². The Morgan fingerprint density at radius 2 is 1.57 bits per heavy atom. The monoisotopic (exact) mass is 815 g/mol. The highest BCUT2D eigenvalue weighted by Crippen LogP contribution is 2.34. The predicted octanol–water partition coefficient (Wildman–Crippen LogP) is 8.25. The minimum atomic E-state index is -0.706. The first kappa shape index (κ1) is 40.3. The van der Waals surface area contributed by atoms with Crippen LogP contribution in [-0.4, -0.2) is 56.8 Å². The summed E-state index contributed by atoms with van der Waals surface area (Å²) in [5.41, 5.74) is 8.03. The lowest BCUT2D eigenvalue weighted by molar-refractivity contribution is 0.0997. The van der Waals surface area contributed by atoms with E-state index in [-0.39, 0.29) is 22.4 Å². The second-order valence-corrected chi connectivity index (χ2v) is 15.1. The molecule has 0 aliphatic carbocycles. The first-order chi connectivity index (χ1) is 29.5. The smallest absolute Gasteiger partial charge is 0.291 e. The van der Waals surface area contributed by atoms with Gasteiger partial charge in [-0.2, -0.15) is 5.10 Å². The Hall–Kier alpha value is -7.51. The second kappa shape index (κ2) is 17.4. The van der Waals surface area contributed by atoms with Crippen molar-refractivity contribution in [2.75, 3.05) is 31.4 Å². The molecule has 2 amide bonds. The Morgan fingerprint density at radius 1 is 0.820 bits per heavy atom. The minimum Gasteiger partial charge on any atom is -0.493 e. The molecule has 61 heavy (non-hydrogen) atoms. The Kier molecular flexibility index (Phi) is 11.5. The number of benzene rings is 5. The van der Waals surface area contributed by atoms with Crippen LogP contribution in [0.5, 0.6) is 11.5 Å². The van der Waals surface area contributed by atoms with Gasteiger partial charge < -0.3 is 29.1 Å². The van der Waals surface area contributed by atoms with Crippen molar-refractivity contribution in [3.8, 4) is 17.2 Å². The van der Waals surface area contributed by atoms with Crippen molar-refractivity contribution in [2.45, 2.75) is 33.4 Å². The number of hydrogen-bond donors (Lipinski definition) is 2. The Labute approximate surface area is 352 Å². The normalized spacial score (nSPS) is 11.3. The molecule has 2 N–H and O–H groups in total. The summed E-state index contributed by atoms with van der Waals surface area (Å²) >= 11 is 0. The zero-order valence-corrected chi connectivity index (χ0v) is 34.6. The molecule has 0 saturated heterocycles. The molecular weight excluding hydrogens is 771 g/mol. The van der Waals surface area contributed by atoms with E-state index in [0.717, 1.165) is 65.4 Å². The van der Waals surface area contributed by atoms with Crippen molar-refractivity contribution in [2.24, 2.45) is 7.05 Å². The minimum absolute atomic E-state index is 0.113. The third kappa shape index (κ3) is 8.92. The van der Waals surface area contributed by atoms with E-state index in [9.17, 15) is 14.4 Å². The van der Waals surface area contributed by atoms with Crippen LogP contribution < -0.4 is 25.5 Å². The number of carbonyl (C=O) groups is 2. The topological polar surface area (TPSA) is 146 Å². The van der Waals surface area contributed by atoms with Crippen molar-refractivity contribution < 1.29 is 23.5 Å². The molecule has 0 spiro atoms. The molecule has 0 saturated carbocycles. The number of hydrogen-bond acceptors (Lipinski definition) is 9. The van der Waals surface area contributed by atoms with Gasteiger partial charge in [0.1, 0.15) is 5.58 Å². The van der Waals surface area contributed by atoms with Gasteiger partial charge in [-0.3, -0.25) is 24.0 Å². The zero-order chi connectivity index (χ0) is 42.6. The Morgan fingerprint density at radius 3 is 2.33 bits per heavy atom. The van der Waals surface area contributed by atoms with E-state index in [0.29, 0.717) is 28.2 Å².